The number of alkyl carbamates (subject to hydrolysis) is 1. The second-order valence-electron chi connectivity index (χ2n) is 5.33. The lowest BCUT2D eigenvalue weighted by molar-refractivity contribution is -0.104. The summed E-state index contributed by atoms with van der Waals surface area (Å²) in [5.41, 5.74) is 1.48. The Morgan fingerprint density at radius 3 is 2.68 bits per heavy atom. The van der Waals surface area contributed by atoms with Crippen LogP contribution >= 0.6 is 0 Å². The highest BCUT2D eigenvalue weighted by Crippen LogP contribution is 2.21. The van der Waals surface area contributed by atoms with Crippen molar-refractivity contribution in [2.24, 2.45) is 0 Å². The SMILES string of the molecule is CCC1=C(C=O)C(NC(=O)OC(C)(C)C)=CC=CC1. The van der Waals surface area contributed by atoms with Crippen LogP contribution in [0.4, 0.5) is 4.79 Å². The third-order valence-electron chi connectivity index (χ3n) is 2.61. The molecule has 0 saturated carbocycles. The Morgan fingerprint density at radius 1 is 1.47 bits per heavy atom. The first-order chi connectivity index (χ1) is 8.87. The molecule has 0 unspecified atom stereocenters. The second kappa shape index (κ2) is 6.36. The van der Waals surface area contributed by atoms with Crippen LogP contribution in [0.1, 0.15) is 40.5 Å². The van der Waals surface area contributed by atoms with Crippen LogP contribution in [0.15, 0.2) is 35.1 Å². The van der Waals surface area contributed by atoms with E-state index >= 15 is 0 Å². The summed E-state index contributed by atoms with van der Waals surface area (Å²) in [4.78, 5) is 23.0. The Hall–Kier alpha value is -1.84. The molecule has 1 aliphatic rings. The van der Waals surface area contributed by atoms with Crippen molar-refractivity contribution in [1.82, 2.24) is 5.32 Å². The summed E-state index contributed by atoms with van der Waals surface area (Å²) in [5, 5.41) is 2.64. The fraction of sp³-hybridized carbons (Fsp3) is 0.467. The average molecular weight is 263 g/mol. The highest BCUT2D eigenvalue weighted by atomic mass is 16.6. The number of rotatable bonds is 3. The molecule has 1 N–H and O–H groups in total. The maximum atomic E-state index is 11.8. The third kappa shape index (κ3) is 4.73. The molecule has 0 aromatic rings. The number of ether oxygens (including phenoxy) is 1. The zero-order valence-electron chi connectivity index (χ0n) is 11.9. The van der Waals surface area contributed by atoms with Crippen LogP contribution in [0, 0.1) is 0 Å². The first-order valence-electron chi connectivity index (χ1n) is 6.41. The zero-order chi connectivity index (χ0) is 14.5. The summed E-state index contributed by atoms with van der Waals surface area (Å²) in [6.45, 7) is 7.37. The standard InChI is InChI=1S/C15H21NO3/c1-5-11-8-6-7-9-13(12(11)10-17)16-14(18)19-15(2,3)4/h6-7,9-10H,5,8H2,1-4H3,(H,16,18). The van der Waals surface area contributed by atoms with Crippen LogP contribution in [-0.4, -0.2) is 18.0 Å². The summed E-state index contributed by atoms with van der Waals surface area (Å²) in [6, 6.07) is 0. The van der Waals surface area contributed by atoms with Crippen molar-refractivity contribution < 1.29 is 14.3 Å². The lowest BCUT2D eigenvalue weighted by Crippen LogP contribution is -2.32. The first kappa shape index (κ1) is 15.2. The number of aldehydes is 1. The van der Waals surface area contributed by atoms with Crippen LogP contribution in [0.3, 0.4) is 0 Å². The lowest BCUT2D eigenvalue weighted by atomic mass is 10.0. The largest absolute Gasteiger partial charge is 0.444 e. The number of allylic oxidation sites excluding steroid dienone is 5. The number of carbonyl (C=O) groups excluding carboxylic acids is 2. The quantitative estimate of drug-likeness (QED) is 0.795. The molecule has 0 heterocycles. The summed E-state index contributed by atoms with van der Waals surface area (Å²) < 4.78 is 5.19. The van der Waals surface area contributed by atoms with Gasteiger partial charge in [-0.1, -0.05) is 24.6 Å². The topological polar surface area (TPSA) is 55.4 Å². The van der Waals surface area contributed by atoms with Gasteiger partial charge in [0.15, 0.2) is 6.29 Å². The summed E-state index contributed by atoms with van der Waals surface area (Å²) in [5.74, 6) is 0. The van der Waals surface area contributed by atoms with E-state index in [1.807, 2.05) is 19.1 Å². The molecule has 0 aromatic heterocycles. The Labute approximate surface area is 114 Å². The lowest BCUT2D eigenvalue weighted by Gasteiger charge is -2.20. The molecule has 0 radical (unpaired) electrons. The zero-order valence-corrected chi connectivity index (χ0v) is 11.9. The van der Waals surface area contributed by atoms with E-state index in [-0.39, 0.29) is 0 Å². The molecule has 0 spiro atoms. The minimum absolute atomic E-state index is 0.495. The highest BCUT2D eigenvalue weighted by Gasteiger charge is 2.19. The fourth-order valence-corrected chi connectivity index (χ4v) is 1.77. The van der Waals surface area contributed by atoms with Gasteiger partial charge in [0.1, 0.15) is 5.60 Å². The van der Waals surface area contributed by atoms with E-state index in [2.05, 4.69) is 5.32 Å². The second-order valence-corrected chi connectivity index (χ2v) is 5.33. The number of hydrogen-bond acceptors (Lipinski definition) is 3. The Morgan fingerprint density at radius 2 is 2.16 bits per heavy atom. The number of amides is 1. The van der Waals surface area contributed by atoms with E-state index in [9.17, 15) is 9.59 Å². The molecular weight excluding hydrogens is 242 g/mol. The molecule has 1 rings (SSSR count). The Bertz CT molecular complexity index is 451. The molecule has 19 heavy (non-hydrogen) atoms. The van der Waals surface area contributed by atoms with Gasteiger partial charge in [-0.2, -0.15) is 0 Å². The van der Waals surface area contributed by atoms with Gasteiger partial charge in [0.05, 0.1) is 5.70 Å². The van der Waals surface area contributed by atoms with Crippen molar-refractivity contribution in [2.45, 2.75) is 46.1 Å². The van der Waals surface area contributed by atoms with Gasteiger partial charge in [0.25, 0.3) is 0 Å². The number of hydrogen-bond donors (Lipinski definition) is 1. The molecule has 4 heteroatoms. The summed E-state index contributed by atoms with van der Waals surface area (Å²) >= 11 is 0. The monoisotopic (exact) mass is 263 g/mol. The molecule has 0 bridgehead atoms. The van der Waals surface area contributed by atoms with E-state index in [1.165, 1.54) is 0 Å². The molecule has 4 nitrogen and oxygen atoms in total. The Kier molecular flexibility index (Phi) is 5.10. The van der Waals surface area contributed by atoms with Gasteiger partial charge in [-0.25, -0.2) is 4.79 Å². The van der Waals surface area contributed by atoms with Crippen LogP contribution in [0.25, 0.3) is 0 Å². The molecule has 0 aromatic carbocycles. The number of nitrogens with one attached hydrogen (secondary N) is 1. The number of carbonyl (C=O) groups is 2. The smallest absolute Gasteiger partial charge is 0.412 e. The maximum Gasteiger partial charge on any atom is 0.412 e. The van der Waals surface area contributed by atoms with E-state index in [4.69, 9.17) is 4.74 Å². The van der Waals surface area contributed by atoms with Gasteiger partial charge >= 0.3 is 6.09 Å². The van der Waals surface area contributed by atoms with Crippen molar-refractivity contribution in [3.63, 3.8) is 0 Å². The average Bonchev–Trinajstić information content (AvgIpc) is 2.48. The normalized spacial score (nSPS) is 15.7. The van der Waals surface area contributed by atoms with Gasteiger partial charge in [0.2, 0.25) is 0 Å². The molecule has 104 valence electrons. The van der Waals surface area contributed by atoms with Crippen molar-refractivity contribution in [3.05, 3.63) is 35.1 Å². The van der Waals surface area contributed by atoms with Crippen LogP contribution < -0.4 is 5.32 Å². The Balaban J connectivity index is 2.91. The van der Waals surface area contributed by atoms with Gasteiger partial charge in [-0.05, 0) is 39.7 Å². The van der Waals surface area contributed by atoms with Crippen molar-refractivity contribution in [1.29, 1.82) is 0 Å². The van der Waals surface area contributed by atoms with Crippen molar-refractivity contribution in [3.8, 4) is 0 Å². The summed E-state index contributed by atoms with van der Waals surface area (Å²) in [7, 11) is 0. The third-order valence-corrected chi connectivity index (χ3v) is 2.61. The van der Waals surface area contributed by atoms with Crippen LogP contribution in [-0.2, 0) is 9.53 Å². The van der Waals surface area contributed by atoms with Crippen molar-refractivity contribution >= 4 is 12.4 Å². The van der Waals surface area contributed by atoms with E-state index in [0.717, 1.165) is 24.7 Å². The minimum Gasteiger partial charge on any atom is -0.444 e. The fourth-order valence-electron chi connectivity index (χ4n) is 1.77. The molecule has 0 atom stereocenters. The predicted molar refractivity (Wildman–Crippen MR) is 74.6 cm³/mol. The molecule has 1 amide bonds. The van der Waals surface area contributed by atoms with E-state index < -0.39 is 11.7 Å². The van der Waals surface area contributed by atoms with Gasteiger partial charge < -0.3 is 4.74 Å². The van der Waals surface area contributed by atoms with Crippen LogP contribution in [0.5, 0.6) is 0 Å². The first-order valence-corrected chi connectivity index (χ1v) is 6.41. The highest BCUT2D eigenvalue weighted by molar-refractivity contribution is 5.85. The molecule has 0 aliphatic heterocycles. The van der Waals surface area contributed by atoms with Gasteiger partial charge in [-0.15, -0.1) is 0 Å². The van der Waals surface area contributed by atoms with E-state index in [1.54, 1.807) is 26.8 Å². The molecule has 0 fully saturated rings. The van der Waals surface area contributed by atoms with Crippen molar-refractivity contribution in [2.75, 3.05) is 0 Å². The van der Waals surface area contributed by atoms with Gasteiger partial charge in [0, 0.05) is 5.57 Å². The predicted octanol–water partition coefficient (Wildman–Crippen LogP) is 3.26. The van der Waals surface area contributed by atoms with Gasteiger partial charge in [-0.3, -0.25) is 10.1 Å². The minimum atomic E-state index is -0.566. The molecule has 0 saturated heterocycles. The summed E-state index contributed by atoms with van der Waals surface area (Å²) in [6.07, 6.45) is 7.24. The van der Waals surface area contributed by atoms with Crippen LogP contribution in [0.2, 0.25) is 0 Å². The molecule has 1 aliphatic carbocycles. The van der Waals surface area contributed by atoms with E-state index in [0.29, 0.717) is 11.3 Å². The maximum absolute atomic E-state index is 11.8. The molecular formula is C15H21NO3.